The molecule has 0 fully saturated rings. The molecule has 0 saturated carbocycles. The molecule has 1 heterocycles. The summed E-state index contributed by atoms with van der Waals surface area (Å²) in [6.07, 6.45) is 0. The van der Waals surface area contributed by atoms with Crippen molar-refractivity contribution < 1.29 is 8.78 Å². The van der Waals surface area contributed by atoms with E-state index in [0.29, 0.717) is 12.1 Å². The third-order valence-corrected chi connectivity index (χ3v) is 3.66. The number of rotatable bonds is 3. The number of fused-ring (bicyclic) bond motifs is 1. The molecule has 0 atom stereocenters. The molecule has 0 aliphatic heterocycles. The summed E-state index contributed by atoms with van der Waals surface area (Å²) < 4.78 is 29.2. The van der Waals surface area contributed by atoms with Crippen molar-refractivity contribution in [2.45, 2.75) is 13.1 Å². The fourth-order valence-corrected chi connectivity index (χ4v) is 2.68. The van der Waals surface area contributed by atoms with Crippen molar-refractivity contribution in [1.82, 2.24) is 9.13 Å². The maximum absolute atomic E-state index is 13.2. The summed E-state index contributed by atoms with van der Waals surface area (Å²) in [4.78, 5) is 0. The van der Waals surface area contributed by atoms with Crippen molar-refractivity contribution in [3.63, 3.8) is 0 Å². The Bertz CT molecular complexity index is 790. The van der Waals surface area contributed by atoms with E-state index in [2.05, 4.69) is 0 Å². The summed E-state index contributed by atoms with van der Waals surface area (Å²) in [7, 11) is 0. The Morgan fingerprint density at radius 1 is 0.900 bits per heavy atom. The van der Waals surface area contributed by atoms with Crippen LogP contribution in [0.3, 0.4) is 0 Å². The van der Waals surface area contributed by atoms with Crippen LogP contribution in [0, 0.1) is 4.77 Å². The van der Waals surface area contributed by atoms with Crippen molar-refractivity contribution in [3.8, 4) is 0 Å². The molecule has 0 amide bonds. The van der Waals surface area contributed by atoms with Gasteiger partial charge in [0, 0.05) is 0 Å². The molecule has 102 valence electrons. The Morgan fingerprint density at radius 3 is 2.15 bits per heavy atom. The highest BCUT2D eigenvalue weighted by atomic mass is 32.1. The lowest BCUT2D eigenvalue weighted by Gasteiger charge is -2.04. The van der Waals surface area contributed by atoms with E-state index in [1.54, 1.807) is 16.7 Å². The maximum Gasteiger partial charge on any atom is 0.321 e. The minimum absolute atomic E-state index is 0.144. The second-order valence-corrected chi connectivity index (χ2v) is 4.86. The molecule has 0 bridgehead atoms. The summed E-state index contributed by atoms with van der Waals surface area (Å²) in [5, 5.41) is 0. The van der Waals surface area contributed by atoms with E-state index in [-0.39, 0.29) is 4.77 Å². The Balaban J connectivity index is 2.21. The standard InChI is InChI=1S/C15H12F2N2S/c16-14(17)19-13-9-5-4-8-12(13)18(15(19)20)10-11-6-2-1-3-7-11/h1-9,14H,10H2. The summed E-state index contributed by atoms with van der Waals surface area (Å²) in [6, 6.07) is 16.7. The van der Waals surface area contributed by atoms with E-state index in [1.807, 2.05) is 42.5 Å². The lowest BCUT2D eigenvalue weighted by Crippen LogP contribution is -2.03. The van der Waals surface area contributed by atoms with Crippen LogP contribution in [0.5, 0.6) is 0 Å². The van der Waals surface area contributed by atoms with Crippen LogP contribution in [0.25, 0.3) is 11.0 Å². The van der Waals surface area contributed by atoms with E-state index in [9.17, 15) is 8.78 Å². The van der Waals surface area contributed by atoms with Crippen LogP contribution < -0.4 is 0 Å². The van der Waals surface area contributed by atoms with Gasteiger partial charge < -0.3 is 4.57 Å². The zero-order chi connectivity index (χ0) is 14.1. The maximum atomic E-state index is 13.2. The van der Waals surface area contributed by atoms with E-state index in [1.165, 1.54) is 0 Å². The number of benzene rings is 2. The number of imidazole rings is 1. The predicted octanol–water partition coefficient (Wildman–Crippen LogP) is 4.62. The van der Waals surface area contributed by atoms with Crippen molar-refractivity contribution >= 4 is 23.3 Å². The van der Waals surface area contributed by atoms with Gasteiger partial charge in [-0.1, -0.05) is 42.5 Å². The molecular weight excluding hydrogens is 278 g/mol. The van der Waals surface area contributed by atoms with Crippen LogP contribution in [0.4, 0.5) is 8.78 Å². The topological polar surface area (TPSA) is 9.86 Å². The van der Waals surface area contributed by atoms with E-state index >= 15 is 0 Å². The van der Waals surface area contributed by atoms with Gasteiger partial charge >= 0.3 is 6.55 Å². The Hall–Kier alpha value is -2.01. The fourth-order valence-electron chi connectivity index (χ4n) is 2.34. The second-order valence-electron chi connectivity index (χ2n) is 4.49. The molecule has 0 spiro atoms. The fraction of sp³-hybridized carbons (Fsp3) is 0.133. The second kappa shape index (κ2) is 5.17. The van der Waals surface area contributed by atoms with Crippen molar-refractivity contribution in [2.75, 3.05) is 0 Å². The number of aromatic nitrogens is 2. The Labute approximate surface area is 119 Å². The van der Waals surface area contributed by atoms with Crippen molar-refractivity contribution in [1.29, 1.82) is 0 Å². The minimum Gasteiger partial charge on any atom is -0.312 e. The summed E-state index contributed by atoms with van der Waals surface area (Å²) in [5.74, 6) is 0. The average Bonchev–Trinajstić information content (AvgIpc) is 2.73. The number of halogens is 2. The molecule has 2 aromatic carbocycles. The van der Waals surface area contributed by atoms with Gasteiger partial charge in [0.1, 0.15) is 0 Å². The SMILES string of the molecule is FC(F)n1c(=S)n(Cc2ccccc2)c2ccccc21. The van der Waals surface area contributed by atoms with Gasteiger partial charge in [-0.05, 0) is 29.9 Å². The van der Waals surface area contributed by atoms with Crippen LogP contribution in [0.2, 0.25) is 0 Å². The van der Waals surface area contributed by atoms with Gasteiger partial charge in [0.05, 0.1) is 17.6 Å². The lowest BCUT2D eigenvalue weighted by molar-refractivity contribution is 0.0724. The van der Waals surface area contributed by atoms with Gasteiger partial charge in [-0.25, -0.2) is 0 Å². The lowest BCUT2D eigenvalue weighted by atomic mass is 10.2. The van der Waals surface area contributed by atoms with Gasteiger partial charge in [0.25, 0.3) is 0 Å². The molecule has 2 nitrogen and oxygen atoms in total. The number of nitrogens with zero attached hydrogens (tertiary/aromatic N) is 2. The first-order valence-corrected chi connectivity index (χ1v) is 6.61. The van der Waals surface area contributed by atoms with Gasteiger partial charge in [0.15, 0.2) is 4.77 Å². The molecule has 3 aromatic rings. The molecule has 5 heteroatoms. The first-order chi connectivity index (χ1) is 9.68. The normalized spacial score (nSPS) is 11.3. The molecule has 20 heavy (non-hydrogen) atoms. The third-order valence-electron chi connectivity index (χ3n) is 3.25. The summed E-state index contributed by atoms with van der Waals surface area (Å²) >= 11 is 5.21. The van der Waals surface area contributed by atoms with Crippen molar-refractivity contribution in [2.24, 2.45) is 0 Å². The van der Waals surface area contributed by atoms with Gasteiger partial charge in [-0.15, -0.1) is 0 Å². The first kappa shape index (κ1) is 13.0. The van der Waals surface area contributed by atoms with Gasteiger partial charge in [0.2, 0.25) is 0 Å². The molecule has 0 N–H and O–H groups in total. The first-order valence-electron chi connectivity index (χ1n) is 6.20. The molecule has 0 aliphatic carbocycles. The quantitative estimate of drug-likeness (QED) is 0.640. The number of hydrogen-bond acceptors (Lipinski definition) is 1. The van der Waals surface area contributed by atoms with E-state index in [4.69, 9.17) is 12.2 Å². The van der Waals surface area contributed by atoms with E-state index < -0.39 is 6.55 Å². The number of hydrogen-bond donors (Lipinski definition) is 0. The smallest absolute Gasteiger partial charge is 0.312 e. The third kappa shape index (κ3) is 2.14. The van der Waals surface area contributed by atoms with Crippen LogP contribution in [0.1, 0.15) is 12.1 Å². The molecular formula is C15H12F2N2S. The molecule has 0 saturated heterocycles. The Kier molecular flexibility index (Phi) is 3.36. The van der Waals surface area contributed by atoms with Crippen LogP contribution >= 0.6 is 12.2 Å². The number of para-hydroxylation sites is 2. The van der Waals surface area contributed by atoms with Crippen LogP contribution in [-0.2, 0) is 6.54 Å². The molecule has 0 radical (unpaired) electrons. The predicted molar refractivity (Wildman–Crippen MR) is 77.6 cm³/mol. The van der Waals surface area contributed by atoms with Crippen molar-refractivity contribution in [3.05, 3.63) is 64.9 Å². The van der Waals surface area contributed by atoms with Crippen LogP contribution in [-0.4, -0.2) is 9.13 Å². The molecule has 0 unspecified atom stereocenters. The molecule has 0 aliphatic rings. The Morgan fingerprint density at radius 2 is 1.50 bits per heavy atom. The minimum atomic E-state index is -2.63. The van der Waals surface area contributed by atoms with Gasteiger partial charge in [-0.3, -0.25) is 4.57 Å². The summed E-state index contributed by atoms with van der Waals surface area (Å²) in [5.41, 5.74) is 2.21. The largest absolute Gasteiger partial charge is 0.321 e. The highest BCUT2D eigenvalue weighted by Gasteiger charge is 2.16. The molecule has 1 aromatic heterocycles. The zero-order valence-electron chi connectivity index (χ0n) is 10.5. The number of alkyl halides is 2. The highest BCUT2D eigenvalue weighted by molar-refractivity contribution is 7.71. The zero-order valence-corrected chi connectivity index (χ0v) is 11.4. The van der Waals surface area contributed by atoms with Crippen LogP contribution in [0.15, 0.2) is 54.6 Å². The average molecular weight is 290 g/mol. The van der Waals surface area contributed by atoms with E-state index in [0.717, 1.165) is 15.6 Å². The van der Waals surface area contributed by atoms with Gasteiger partial charge in [-0.2, -0.15) is 8.78 Å². The molecule has 3 rings (SSSR count). The monoisotopic (exact) mass is 290 g/mol. The summed E-state index contributed by atoms with van der Waals surface area (Å²) in [6.45, 7) is -2.15. The highest BCUT2D eigenvalue weighted by Crippen LogP contribution is 2.24.